The molecule has 1 aliphatic heterocycles. The van der Waals surface area contributed by atoms with Crippen molar-refractivity contribution in [2.75, 3.05) is 32.9 Å². The van der Waals surface area contributed by atoms with Crippen molar-refractivity contribution in [2.24, 2.45) is 0 Å². The van der Waals surface area contributed by atoms with Crippen LogP contribution in [-0.4, -0.2) is 59.2 Å². The minimum atomic E-state index is -3.41. The van der Waals surface area contributed by atoms with Gasteiger partial charge in [-0.2, -0.15) is 17.0 Å². The van der Waals surface area contributed by atoms with Crippen molar-refractivity contribution in [3.05, 3.63) is 35.9 Å². The summed E-state index contributed by atoms with van der Waals surface area (Å²) in [5.41, 5.74) is 9.16. The van der Waals surface area contributed by atoms with Crippen molar-refractivity contribution < 1.29 is 8.42 Å². The topological polar surface area (TPSA) is 105 Å². The Labute approximate surface area is 154 Å². The summed E-state index contributed by atoms with van der Waals surface area (Å²) in [6.45, 7) is 2.92. The van der Waals surface area contributed by atoms with Crippen molar-refractivity contribution >= 4 is 16.2 Å². The molecule has 0 amide bonds. The average molecular weight is 376 g/mol. The number of piperidine rings is 1. The number of nitrogens with zero attached hydrogens (tertiary/aromatic N) is 5. The lowest BCUT2D eigenvalue weighted by molar-refractivity contribution is 0.296. The molecule has 0 spiro atoms. The second-order valence-corrected chi connectivity index (χ2v) is 8.88. The smallest absolute Gasteiger partial charge is 0.281 e. The third-order valence-electron chi connectivity index (χ3n) is 4.57. The van der Waals surface area contributed by atoms with Gasteiger partial charge >= 0.3 is 0 Å². The molecule has 2 N–H and O–H groups in total. The van der Waals surface area contributed by atoms with Crippen LogP contribution in [0.5, 0.6) is 0 Å². The van der Waals surface area contributed by atoms with Gasteiger partial charge in [0.1, 0.15) is 0 Å². The maximum absolute atomic E-state index is 12.5. The molecule has 3 heterocycles. The maximum atomic E-state index is 12.5. The zero-order valence-corrected chi connectivity index (χ0v) is 16.1. The molecule has 0 aromatic carbocycles. The van der Waals surface area contributed by atoms with Gasteiger partial charge in [0.2, 0.25) is 5.95 Å². The summed E-state index contributed by atoms with van der Waals surface area (Å²) in [6.07, 6.45) is 5.09. The first-order valence-electron chi connectivity index (χ1n) is 8.51. The van der Waals surface area contributed by atoms with Crippen molar-refractivity contribution in [1.82, 2.24) is 23.6 Å². The quantitative estimate of drug-likeness (QED) is 0.865. The molecule has 26 heavy (non-hydrogen) atoms. The Morgan fingerprint density at radius 2 is 1.88 bits per heavy atom. The molecule has 8 nitrogen and oxygen atoms in total. The van der Waals surface area contributed by atoms with E-state index in [-0.39, 0.29) is 11.9 Å². The van der Waals surface area contributed by atoms with E-state index in [4.69, 9.17) is 5.73 Å². The van der Waals surface area contributed by atoms with Gasteiger partial charge in [0.05, 0.1) is 0 Å². The molecule has 0 bridgehead atoms. The van der Waals surface area contributed by atoms with Crippen LogP contribution in [0.15, 0.2) is 24.5 Å². The predicted molar refractivity (Wildman–Crippen MR) is 101 cm³/mol. The van der Waals surface area contributed by atoms with E-state index in [1.54, 1.807) is 26.5 Å². The molecule has 1 atom stereocenters. The van der Waals surface area contributed by atoms with Gasteiger partial charge in [-0.15, -0.1) is 0 Å². The van der Waals surface area contributed by atoms with Crippen LogP contribution in [0.3, 0.4) is 0 Å². The second kappa shape index (κ2) is 7.26. The summed E-state index contributed by atoms with van der Waals surface area (Å²) in [7, 11) is -0.296. The number of hydrogen-bond donors (Lipinski definition) is 1. The van der Waals surface area contributed by atoms with Gasteiger partial charge in [0.15, 0.2) is 0 Å². The van der Waals surface area contributed by atoms with Crippen LogP contribution in [0.2, 0.25) is 0 Å². The number of rotatable bonds is 4. The monoisotopic (exact) mass is 376 g/mol. The lowest BCUT2D eigenvalue weighted by Gasteiger charge is -2.33. The highest BCUT2D eigenvalue weighted by Gasteiger charge is 2.31. The molecule has 2 aromatic rings. The summed E-state index contributed by atoms with van der Waals surface area (Å²) in [6, 6.07) is 3.97. The third-order valence-corrected chi connectivity index (χ3v) is 6.48. The SMILES string of the molecule is Cc1cc(-c2cnc(N)nc2)cc(C2CCCN(S(=O)(=O)N(C)C)C2)n1. The maximum Gasteiger partial charge on any atom is 0.281 e. The van der Waals surface area contributed by atoms with Gasteiger partial charge in [0, 0.05) is 62.4 Å². The minimum Gasteiger partial charge on any atom is -0.368 e. The predicted octanol–water partition coefficient (Wildman–Crippen LogP) is 1.42. The summed E-state index contributed by atoms with van der Waals surface area (Å²) >= 11 is 0. The van der Waals surface area contributed by atoms with Crippen LogP contribution < -0.4 is 5.73 Å². The zero-order valence-electron chi connectivity index (χ0n) is 15.3. The molecular weight excluding hydrogens is 352 g/mol. The largest absolute Gasteiger partial charge is 0.368 e. The Bertz CT molecular complexity index is 883. The molecular formula is C17H24N6O2S. The van der Waals surface area contributed by atoms with Crippen LogP contribution in [-0.2, 0) is 10.2 Å². The van der Waals surface area contributed by atoms with Crippen LogP contribution in [0, 0.1) is 6.92 Å². The summed E-state index contributed by atoms with van der Waals surface area (Å²) < 4.78 is 27.7. The van der Waals surface area contributed by atoms with Crippen LogP contribution in [0.4, 0.5) is 5.95 Å². The highest BCUT2D eigenvalue weighted by Crippen LogP contribution is 2.30. The van der Waals surface area contributed by atoms with E-state index in [1.807, 2.05) is 19.1 Å². The van der Waals surface area contributed by atoms with Gasteiger partial charge in [-0.3, -0.25) is 4.98 Å². The molecule has 9 heteroatoms. The van der Waals surface area contributed by atoms with Gasteiger partial charge in [0.25, 0.3) is 10.2 Å². The Morgan fingerprint density at radius 3 is 2.54 bits per heavy atom. The Balaban J connectivity index is 1.90. The molecule has 0 saturated carbocycles. The lowest BCUT2D eigenvalue weighted by Crippen LogP contribution is -2.45. The number of nitrogen functional groups attached to an aromatic ring is 1. The Kier molecular flexibility index (Phi) is 5.22. The molecule has 1 fully saturated rings. The van der Waals surface area contributed by atoms with Gasteiger partial charge in [-0.05, 0) is 37.5 Å². The molecule has 140 valence electrons. The fraction of sp³-hybridized carbons (Fsp3) is 0.471. The summed E-state index contributed by atoms with van der Waals surface area (Å²) in [4.78, 5) is 12.7. The number of nitrogens with two attached hydrogens (primary N) is 1. The lowest BCUT2D eigenvalue weighted by atomic mass is 9.93. The van der Waals surface area contributed by atoms with Crippen LogP contribution >= 0.6 is 0 Å². The molecule has 2 aromatic heterocycles. The number of aryl methyl sites for hydroxylation is 1. The normalized spacial score (nSPS) is 19.0. The van der Waals surface area contributed by atoms with Crippen molar-refractivity contribution in [1.29, 1.82) is 0 Å². The van der Waals surface area contributed by atoms with Crippen molar-refractivity contribution in [3.63, 3.8) is 0 Å². The third kappa shape index (κ3) is 3.84. The molecule has 1 aliphatic rings. The van der Waals surface area contributed by atoms with E-state index < -0.39 is 10.2 Å². The van der Waals surface area contributed by atoms with E-state index in [9.17, 15) is 8.42 Å². The van der Waals surface area contributed by atoms with E-state index >= 15 is 0 Å². The average Bonchev–Trinajstić information content (AvgIpc) is 2.62. The van der Waals surface area contributed by atoms with E-state index in [2.05, 4.69) is 15.0 Å². The van der Waals surface area contributed by atoms with Crippen molar-refractivity contribution in [3.8, 4) is 11.1 Å². The number of aromatic nitrogens is 3. The Hall–Kier alpha value is -2.10. The molecule has 0 aliphatic carbocycles. The van der Waals surface area contributed by atoms with Crippen LogP contribution in [0.1, 0.15) is 30.1 Å². The fourth-order valence-corrected chi connectivity index (χ4v) is 4.37. The highest BCUT2D eigenvalue weighted by molar-refractivity contribution is 7.86. The highest BCUT2D eigenvalue weighted by atomic mass is 32.2. The Morgan fingerprint density at radius 1 is 1.19 bits per heavy atom. The van der Waals surface area contributed by atoms with E-state index in [0.29, 0.717) is 13.1 Å². The minimum absolute atomic E-state index is 0.0619. The van der Waals surface area contributed by atoms with Gasteiger partial charge in [-0.25, -0.2) is 9.97 Å². The van der Waals surface area contributed by atoms with Gasteiger partial charge < -0.3 is 5.73 Å². The first kappa shape index (κ1) is 18.7. The second-order valence-electron chi connectivity index (χ2n) is 6.74. The number of pyridine rings is 1. The van der Waals surface area contributed by atoms with E-state index in [0.717, 1.165) is 35.4 Å². The van der Waals surface area contributed by atoms with Crippen molar-refractivity contribution in [2.45, 2.75) is 25.7 Å². The molecule has 1 saturated heterocycles. The zero-order chi connectivity index (χ0) is 18.9. The number of anilines is 1. The standard InChI is InChI=1S/C17H24N6O2S/c1-12-7-14(15-9-19-17(18)20-10-15)8-16(21-12)13-5-4-6-23(11-13)26(24,25)22(2)3/h7-10,13H,4-6,11H2,1-3H3,(H2,18,19,20). The molecule has 3 rings (SSSR count). The number of hydrogen-bond acceptors (Lipinski definition) is 6. The van der Waals surface area contributed by atoms with Crippen LogP contribution in [0.25, 0.3) is 11.1 Å². The fourth-order valence-electron chi connectivity index (χ4n) is 3.18. The first-order chi connectivity index (χ1) is 12.3. The van der Waals surface area contributed by atoms with Gasteiger partial charge in [-0.1, -0.05) is 0 Å². The molecule has 0 radical (unpaired) electrons. The summed E-state index contributed by atoms with van der Waals surface area (Å²) in [5.74, 6) is 0.295. The molecule has 1 unspecified atom stereocenters. The first-order valence-corrected chi connectivity index (χ1v) is 9.91. The van der Waals surface area contributed by atoms with E-state index in [1.165, 1.54) is 8.61 Å². The summed E-state index contributed by atoms with van der Waals surface area (Å²) in [5, 5.41) is 0.